The zero-order valence-electron chi connectivity index (χ0n) is 15.0. The molecule has 128 valence electrons. The molecule has 4 rings (SSSR count). The standard InChI is InChI=1S/C22H40/c1-7-19-9-2-13-21-14-4-11-20(8-1)12-5-16-22(15-3-10-19)18-6-17-21/h19-22H,1-18H2. The molecule has 0 heterocycles. The average Bonchev–Trinajstić information content (AvgIpc) is 2.47. The molecule has 0 spiro atoms. The average molecular weight is 305 g/mol. The quantitative estimate of drug-likeness (QED) is 0.434. The van der Waals surface area contributed by atoms with Gasteiger partial charge >= 0.3 is 0 Å². The minimum absolute atomic E-state index is 1.08. The van der Waals surface area contributed by atoms with Crippen molar-refractivity contribution in [1.82, 2.24) is 0 Å². The maximum atomic E-state index is 1.56. The molecule has 0 aromatic carbocycles. The van der Waals surface area contributed by atoms with Gasteiger partial charge in [-0.25, -0.2) is 0 Å². The van der Waals surface area contributed by atoms with E-state index in [1.54, 1.807) is 116 Å². The molecule has 0 aromatic heterocycles. The molecule has 22 heavy (non-hydrogen) atoms. The fraction of sp³-hybridized carbons (Fsp3) is 1.00. The molecule has 0 amide bonds. The maximum Gasteiger partial charge on any atom is -0.0414 e. The van der Waals surface area contributed by atoms with Crippen molar-refractivity contribution >= 4 is 0 Å². The summed E-state index contributed by atoms with van der Waals surface area (Å²) in [5.74, 6) is 4.33. The number of hydrogen-bond acceptors (Lipinski definition) is 0. The summed E-state index contributed by atoms with van der Waals surface area (Å²) in [4.78, 5) is 0. The van der Waals surface area contributed by atoms with Crippen LogP contribution in [0.4, 0.5) is 0 Å². The van der Waals surface area contributed by atoms with Crippen molar-refractivity contribution in [3.8, 4) is 0 Å². The van der Waals surface area contributed by atoms with Crippen LogP contribution in [0.1, 0.15) is 116 Å². The van der Waals surface area contributed by atoms with E-state index in [-0.39, 0.29) is 0 Å². The van der Waals surface area contributed by atoms with Gasteiger partial charge in [0.05, 0.1) is 0 Å². The molecule has 4 aliphatic carbocycles. The lowest BCUT2D eigenvalue weighted by molar-refractivity contribution is 0.247. The number of fused-ring (bicyclic) bond motifs is 12. The molecule has 4 aliphatic rings. The largest absolute Gasteiger partial charge is 0.0528 e. The third-order valence-corrected chi connectivity index (χ3v) is 7.35. The Hall–Kier alpha value is 0. The summed E-state index contributed by atoms with van der Waals surface area (Å²) in [7, 11) is 0. The van der Waals surface area contributed by atoms with Crippen LogP contribution in [0, 0.1) is 23.7 Å². The Morgan fingerprint density at radius 3 is 0.500 bits per heavy atom. The lowest BCUT2D eigenvalue weighted by Gasteiger charge is -2.28. The van der Waals surface area contributed by atoms with Gasteiger partial charge < -0.3 is 0 Å². The van der Waals surface area contributed by atoms with Crippen LogP contribution in [0.15, 0.2) is 0 Å². The smallest absolute Gasteiger partial charge is 0.0414 e. The van der Waals surface area contributed by atoms with Crippen molar-refractivity contribution in [2.24, 2.45) is 23.7 Å². The molecule has 0 aliphatic heterocycles. The van der Waals surface area contributed by atoms with Gasteiger partial charge in [-0.2, -0.15) is 0 Å². The van der Waals surface area contributed by atoms with Crippen molar-refractivity contribution < 1.29 is 0 Å². The van der Waals surface area contributed by atoms with Crippen molar-refractivity contribution in [1.29, 1.82) is 0 Å². The van der Waals surface area contributed by atoms with Gasteiger partial charge in [0.15, 0.2) is 0 Å². The zero-order valence-corrected chi connectivity index (χ0v) is 15.0. The van der Waals surface area contributed by atoms with E-state index in [1.165, 1.54) is 0 Å². The van der Waals surface area contributed by atoms with Crippen molar-refractivity contribution in [2.45, 2.75) is 116 Å². The molecule has 0 N–H and O–H groups in total. The Labute approximate surface area is 139 Å². The van der Waals surface area contributed by atoms with Crippen molar-refractivity contribution in [2.75, 3.05) is 0 Å². The zero-order chi connectivity index (χ0) is 15.0. The van der Waals surface area contributed by atoms with Gasteiger partial charge in [0.2, 0.25) is 0 Å². The van der Waals surface area contributed by atoms with Crippen LogP contribution in [0.5, 0.6) is 0 Å². The fourth-order valence-electron chi connectivity index (χ4n) is 5.90. The van der Waals surface area contributed by atoms with Crippen LogP contribution in [-0.4, -0.2) is 0 Å². The third-order valence-electron chi connectivity index (χ3n) is 7.35. The van der Waals surface area contributed by atoms with E-state index < -0.39 is 0 Å². The topological polar surface area (TPSA) is 0 Å². The first-order valence-electron chi connectivity index (χ1n) is 10.9. The molecule has 4 fully saturated rings. The summed E-state index contributed by atoms with van der Waals surface area (Å²) in [6, 6.07) is 0. The van der Waals surface area contributed by atoms with Gasteiger partial charge in [-0.05, 0) is 23.7 Å². The van der Waals surface area contributed by atoms with Crippen molar-refractivity contribution in [3.63, 3.8) is 0 Å². The number of rotatable bonds is 0. The van der Waals surface area contributed by atoms with Crippen molar-refractivity contribution in [3.05, 3.63) is 0 Å². The van der Waals surface area contributed by atoms with E-state index in [4.69, 9.17) is 0 Å². The highest BCUT2D eigenvalue weighted by Gasteiger charge is 2.21. The molecule has 4 saturated carbocycles. The highest BCUT2D eigenvalue weighted by molar-refractivity contribution is 4.74. The molecule has 0 nitrogen and oxygen atoms in total. The van der Waals surface area contributed by atoms with Gasteiger partial charge in [-0.15, -0.1) is 0 Å². The maximum absolute atomic E-state index is 1.56. The Kier molecular flexibility index (Phi) is 7.15. The monoisotopic (exact) mass is 304 g/mol. The Morgan fingerprint density at radius 1 is 0.227 bits per heavy atom. The van der Waals surface area contributed by atoms with Crippen LogP contribution in [0.25, 0.3) is 0 Å². The Balaban J connectivity index is 1.73. The lowest BCUT2D eigenvalue weighted by Crippen LogP contribution is -2.14. The van der Waals surface area contributed by atoms with Gasteiger partial charge in [-0.3, -0.25) is 0 Å². The fourth-order valence-corrected chi connectivity index (χ4v) is 5.90. The highest BCUT2D eigenvalue weighted by atomic mass is 14.3. The summed E-state index contributed by atoms with van der Waals surface area (Å²) < 4.78 is 0. The van der Waals surface area contributed by atoms with Crippen LogP contribution >= 0.6 is 0 Å². The molecular weight excluding hydrogens is 264 g/mol. The van der Waals surface area contributed by atoms with Gasteiger partial charge in [-0.1, -0.05) is 116 Å². The van der Waals surface area contributed by atoms with Crippen LogP contribution < -0.4 is 0 Å². The highest BCUT2D eigenvalue weighted by Crippen LogP contribution is 2.36. The normalized spacial score (nSPS) is 39.3. The van der Waals surface area contributed by atoms with Crippen LogP contribution in [0.3, 0.4) is 0 Å². The van der Waals surface area contributed by atoms with Crippen LogP contribution in [-0.2, 0) is 0 Å². The van der Waals surface area contributed by atoms with Crippen LogP contribution in [0.2, 0.25) is 0 Å². The Bertz CT molecular complexity index is 193. The lowest BCUT2D eigenvalue weighted by atomic mass is 9.78. The molecular formula is C22H40. The minimum Gasteiger partial charge on any atom is -0.0528 e. The van der Waals surface area contributed by atoms with E-state index in [0.29, 0.717) is 0 Å². The Morgan fingerprint density at radius 2 is 0.364 bits per heavy atom. The predicted octanol–water partition coefficient (Wildman–Crippen LogP) is 7.51. The molecule has 0 heteroatoms. The number of hydrogen-bond donors (Lipinski definition) is 0. The van der Waals surface area contributed by atoms with Gasteiger partial charge in [0.25, 0.3) is 0 Å². The second kappa shape index (κ2) is 9.33. The van der Waals surface area contributed by atoms with Gasteiger partial charge in [0, 0.05) is 0 Å². The van der Waals surface area contributed by atoms with E-state index >= 15 is 0 Å². The summed E-state index contributed by atoms with van der Waals surface area (Å²) >= 11 is 0. The molecule has 0 radical (unpaired) electrons. The molecule has 4 bridgehead atoms. The van der Waals surface area contributed by atoms with E-state index in [1.807, 2.05) is 0 Å². The van der Waals surface area contributed by atoms with E-state index in [0.717, 1.165) is 23.7 Å². The summed E-state index contributed by atoms with van der Waals surface area (Å²) in [5, 5.41) is 0. The second-order valence-corrected chi connectivity index (χ2v) is 9.05. The minimum atomic E-state index is 1.08. The first-order chi connectivity index (χ1) is 10.9. The summed E-state index contributed by atoms with van der Waals surface area (Å²) in [6.07, 6.45) is 28.0. The molecule has 0 saturated heterocycles. The molecule has 0 unspecified atom stereocenters. The first-order valence-corrected chi connectivity index (χ1v) is 10.9. The predicted molar refractivity (Wildman–Crippen MR) is 97.1 cm³/mol. The van der Waals surface area contributed by atoms with E-state index in [2.05, 4.69) is 0 Å². The van der Waals surface area contributed by atoms with E-state index in [9.17, 15) is 0 Å². The first kappa shape index (κ1) is 16.8. The molecule has 0 atom stereocenters. The summed E-state index contributed by atoms with van der Waals surface area (Å²) in [6.45, 7) is 0. The third kappa shape index (κ3) is 5.57. The van der Waals surface area contributed by atoms with Gasteiger partial charge in [0.1, 0.15) is 0 Å². The summed E-state index contributed by atoms with van der Waals surface area (Å²) in [5.41, 5.74) is 0. The second-order valence-electron chi connectivity index (χ2n) is 9.05. The SMILES string of the molecule is C1CC2CCCC3CCCC(C1)CCCC(CCC2)CCC3. The molecule has 0 aromatic rings.